The van der Waals surface area contributed by atoms with E-state index in [1.807, 2.05) is 0 Å². The Balaban J connectivity index is 2.39. The lowest BCUT2D eigenvalue weighted by atomic mass is 10.0. The Labute approximate surface area is 153 Å². The topological polar surface area (TPSA) is 63.5 Å². The van der Waals surface area contributed by atoms with Crippen LogP contribution in [0.3, 0.4) is 0 Å². The van der Waals surface area contributed by atoms with Gasteiger partial charge < -0.3 is 4.90 Å². The first kappa shape index (κ1) is 18.8. The predicted octanol–water partition coefficient (Wildman–Crippen LogP) is 4.63. The third kappa shape index (κ3) is 4.30. The number of nitrogens with zero attached hydrogens (tertiary/aromatic N) is 2. The second-order valence-electron chi connectivity index (χ2n) is 5.42. The molecule has 0 spiro atoms. The van der Waals surface area contributed by atoms with Crippen LogP contribution in [0.25, 0.3) is 0 Å². The summed E-state index contributed by atoms with van der Waals surface area (Å²) in [6.07, 6.45) is 1.53. The number of benzene rings is 2. The Morgan fingerprint density at radius 1 is 1.40 bits per heavy atom. The first-order valence-corrected chi connectivity index (χ1v) is 8.22. The van der Waals surface area contributed by atoms with Crippen LogP contribution >= 0.6 is 15.9 Å². The van der Waals surface area contributed by atoms with E-state index in [0.717, 1.165) is 0 Å². The van der Waals surface area contributed by atoms with Crippen LogP contribution in [0.15, 0.2) is 53.5 Å². The summed E-state index contributed by atoms with van der Waals surface area (Å²) in [4.78, 5) is 24.8. The van der Waals surface area contributed by atoms with Crippen LogP contribution in [-0.4, -0.2) is 22.3 Å². The van der Waals surface area contributed by atoms with Gasteiger partial charge in [-0.3, -0.25) is 14.9 Å². The monoisotopic (exact) mass is 406 g/mol. The summed E-state index contributed by atoms with van der Waals surface area (Å²) >= 11 is 3.28. The number of hydrogen-bond donors (Lipinski definition) is 0. The number of nitro benzene ring substituents is 1. The van der Waals surface area contributed by atoms with Gasteiger partial charge in [0.1, 0.15) is 5.82 Å². The summed E-state index contributed by atoms with van der Waals surface area (Å²) < 4.78 is 14.7. The molecule has 25 heavy (non-hydrogen) atoms. The molecule has 0 bridgehead atoms. The zero-order chi connectivity index (χ0) is 18.6. The number of nitro groups is 1. The van der Waals surface area contributed by atoms with Crippen LogP contribution < -0.4 is 0 Å². The van der Waals surface area contributed by atoms with E-state index >= 15 is 0 Å². The van der Waals surface area contributed by atoms with Crippen LogP contribution in [-0.2, 0) is 6.54 Å². The van der Waals surface area contributed by atoms with Gasteiger partial charge in [0.2, 0.25) is 0 Å². The molecule has 0 aliphatic carbocycles. The van der Waals surface area contributed by atoms with Gasteiger partial charge in [0.15, 0.2) is 0 Å². The normalized spacial score (nSPS) is 10.4. The quantitative estimate of drug-likeness (QED) is 0.398. The molecule has 0 aromatic heterocycles. The minimum absolute atomic E-state index is 0.0261. The lowest BCUT2D eigenvalue weighted by Crippen LogP contribution is -2.31. The SMILES string of the molecule is C=CCN(Cc1cc(Br)ccc1F)C(=O)c1cccc([N+](=O)[O-])c1C. The fraction of sp³-hybridized carbons (Fsp3) is 0.167. The summed E-state index contributed by atoms with van der Waals surface area (Å²) in [6, 6.07) is 8.82. The standard InChI is InChI=1S/C18H16BrFN2O3/c1-3-9-21(11-13-10-14(19)7-8-16(13)20)18(23)15-5-4-6-17(12(15)2)22(24)25/h3-8,10H,1,9,11H2,2H3. The fourth-order valence-corrected chi connectivity index (χ4v) is 2.88. The Bertz CT molecular complexity index is 839. The van der Waals surface area contributed by atoms with Gasteiger partial charge >= 0.3 is 0 Å². The molecule has 0 saturated carbocycles. The van der Waals surface area contributed by atoms with Crippen molar-refractivity contribution in [2.75, 3.05) is 6.54 Å². The van der Waals surface area contributed by atoms with Gasteiger partial charge in [-0.05, 0) is 31.2 Å². The molecule has 0 N–H and O–H groups in total. The zero-order valence-corrected chi connectivity index (χ0v) is 15.1. The van der Waals surface area contributed by atoms with Gasteiger partial charge in [0, 0.05) is 40.3 Å². The number of hydrogen-bond acceptors (Lipinski definition) is 3. The highest BCUT2D eigenvalue weighted by Gasteiger charge is 2.22. The molecule has 2 aromatic rings. The Hall–Kier alpha value is -2.54. The molecular weight excluding hydrogens is 391 g/mol. The molecule has 0 saturated heterocycles. The van der Waals surface area contributed by atoms with Crippen molar-refractivity contribution < 1.29 is 14.1 Å². The van der Waals surface area contributed by atoms with Gasteiger partial charge in [-0.25, -0.2) is 4.39 Å². The van der Waals surface area contributed by atoms with E-state index in [9.17, 15) is 19.3 Å². The van der Waals surface area contributed by atoms with Gasteiger partial charge in [0.05, 0.1) is 4.92 Å². The van der Waals surface area contributed by atoms with E-state index < -0.39 is 16.6 Å². The predicted molar refractivity (Wildman–Crippen MR) is 96.9 cm³/mol. The Kier molecular flexibility index (Phi) is 6.03. The molecular formula is C18H16BrFN2O3. The van der Waals surface area contributed by atoms with E-state index in [0.29, 0.717) is 10.0 Å². The molecule has 0 aliphatic heterocycles. The molecule has 0 aliphatic rings. The van der Waals surface area contributed by atoms with Gasteiger partial charge in [-0.1, -0.05) is 28.1 Å². The molecule has 0 atom stereocenters. The minimum atomic E-state index is -0.530. The van der Waals surface area contributed by atoms with E-state index in [4.69, 9.17) is 0 Å². The maximum Gasteiger partial charge on any atom is 0.273 e. The highest BCUT2D eigenvalue weighted by atomic mass is 79.9. The average Bonchev–Trinajstić information content (AvgIpc) is 2.57. The van der Waals surface area contributed by atoms with Gasteiger partial charge in [-0.2, -0.15) is 0 Å². The van der Waals surface area contributed by atoms with Gasteiger partial charge in [0.25, 0.3) is 11.6 Å². The molecule has 5 nitrogen and oxygen atoms in total. The molecule has 130 valence electrons. The van der Waals surface area contributed by atoms with Crippen LogP contribution in [0.2, 0.25) is 0 Å². The van der Waals surface area contributed by atoms with E-state index in [2.05, 4.69) is 22.5 Å². The summed E-state index contributed by atoms with van der Waals surface area (Å²) in [6.45, 7) is 5.36. The lowest BCUT2D eigenvalue weighted by molar-refractivity contribution is -0.385. The molecule has 0 heterocycles. The largest absolute Gasteiger partial charge is 0.330 e. The second-order valence-corrected chi connectivity index (χ2v) is 6.33. The maximum atomic E-state index is 14.0. The van der Waals surface area contributed by atoms with Crippen LogP contribution in [0.4, 0.5) is 10.1 Å². The molecule has 2 aromatic carbocycles. The molecule has 1 amide bonds. The Morgan fingerprint density at radius 3 is 2.76 bits per heavy atom. The van der Waals surface area contributed by atoms with Crippen LogP contribution in [0, 0.1) is 22.9 Å². The maximum absolute atomic E-state index is 14.0. The molecule has 2 rings (SSSR count). The van der Waals surface area contributed by atoms with Crippen molar-refractivity contribution in [3.63, 3.8) is 0 Å². The average molecular weight is 407 g/mol. The summed E-state index contributed by atoms with van der Waals surface area (Å²) in [5.74, 6) is -0.846. The number of amides is 1. The molecule has 0 unspecified atom stereocenters. The lowest BCUT2D eigenvalue weighted by Gasteiger charge is -2.22. The molecule has 0 radical (unpaired) electrons. The third-order valence-electron chi connectivity index (χ3n) is 3.74. The fourth-order valence-electron chi connectivity index (χ4n) is 2.47. The number of carbonyl (C=O) groups is 1. The number of rotatable bonds is 6. The van der Waals surface area contributed by atoms with E-state index in [1.165, 1.54) is 42.2 Å². The van der Waals surface area contributed by atoms with Crippen molar-refractivity contribution in [2.45, 2.75) is 13.5 Å². The summed E-state index contributed by atoms with van der Waals surface area (Å²) in [7, 11) is 0. The van der Waals surface area contributed by atoms with Crippen molar-refractivity contribution in [2.24, 2.45) is 0 Å². The van der Waals surface area contributed by atoms with Crippen LogP contribution in [0.5, 0.6) is 0 Å². The second kappa shape index (κ2) is 8.02. The van der Waals surface area contributed by atoms with Crippen LogP contribution in [0.1, 0.15) is 21.5 Å². The van der Waals surface area contributed by atoms with Crippen molar-refractivity contribution in [3.8, 4) is 0 Å². The summed E-state index contributed by atoms with van der Waals surface area (Å²) in [5.41, 5.74) is 0.707. The smallest absolute Gasteiger partial charge is 0.273 e. The third-order valence-corrected chi connectivity index (χ3v) is 4.23. The molecule has 0 fully saturated rings. The summed E-state index contributed by atoms with van der Waals surface area (Å²) in [5, 5.41) is 11.1. The number of carbonyl (C=O) groups excluding carboxylic acids is 1. The number of halogens is 2. The zero-order valence-electron chi connectivity index (χ0n) is 13.5. The van der Waals surface area contributed by atoms with Crippen molar-refractivity contribution in [1.82, 2.24) is 4.90 Å². The van der Waals surface area contributed by atoms with Crippen molar-refractivity contribution >= 4 is 27.5 Å². The highest BCUT2D eigenvalue weighted by Crippen LogP contribution is 2.24. The minimum Gasteiger partial charge on any atom is -0.330 e. The van der Waals surface area contributed by atoms with Crippen molar-refractivity contribution in [1.29, 1.82) is 0 Å². The van der Waals surface area contributed by atoms with Crippen molar-refractivity contribution in [3.05, 3.63) is 86.1 Å². The Morgan fingerprint density at radius 2 is 2.12 bits per heavy atom. The first-order chi connectivity index (χ1) is 11.8. The first-order valence-electron chi connectivity index (χ1n) is 7.43. The molecule has 7 heteroatoms. The van der Waals surface area contributed by atoms with Gasteiger partial charge in [-0.15, -0.1) is 6.58 Å². The van der Waals surface area contributed by atoms with E-state index in [1.54, 1.807) is 12.1 Å². The van der Waals surface area contributed by atoms with E-state index in [-0.39, 0.29) is 29.9 Å². The highest BCUT2D eigenvalue weighted by molar-refractivity contribution is 9.10.